The molecule has 2 aromatic heterocycles. The average Bonchev–Trinajstić information content (AvgIpc) is 2.99. The van der Waals surface area contributed by atoms with Crippen molar-refractivity contribution in [3.8, 4) is 17.0 Å². The van der Waals surface area contributed by atoms with Crippen LogP contribution in [0, 0.1) is 6.92 Å². The van der Waals surface area contributed by atoms with E-state index >= 15 is 0 Å². The van der Waals surface area contributed by atoms with E-state index in [2.05, 4.69) is 15.3 Å². The van der Waals surface area contributed by atoms with Gasteiger partial charge in [0.05, 0.1) is 26.9 Å². The van der Waals surface area contributed by atoms with Crippen LogP contribution < -0.4 is 31.9 Å². The molecule has 5 rings (SSSR count). The van der Waals surface area contributed by atoms with E-state index in [0.29, 0.717) is 24.1 Å². The van der Waals surface area contributed by atoms with Gasteiger partial charge in [0.1, 0.15) is 30.3 Å². The molecule has 8 nitrogen and oxygen atoms in total. The van der Waals surface area contributed by atoms with Crippen molar-refractivity contribution in [3.05, 3.63) is 86.1 Å². The maximum atomic E-state index is 14.0. The monoisotopic (exact) mass is 516 g/mol. The normalized spacial score (nSPS) is 14.5. The van der Waals surface area contributed by atoms with Gasteiger partial charge < -0.3 is 25.3 Å². The van der Waals surface area contributed by atoms with Crippen LogP contribution in [0.25, 0.3) is 17.1 Å². The van der Waals surface area contributed by atoms with Crippen molar-refractivity contribution in [1.29, 1.82) is 0 Å². The second kappa shape index (κ2) is 8.90. The first kappa shape index (κ1) is 23.7. The number of benzene rings is 1. The first-order valence-electron chi connectivity index (χ1n) is 10.9. The zero-order chi connectivity index (χ0) is 25.6. The Bertz CT molecular complexity index is 1580. The van der Waals surface area contributed by atoms with Gasteiger partial charge in [-0.15, -0.1) is 0 Å². The lowest BCUT2D eigenvalue weighted by molar-refractivity contribution is -0.137. The zero-order valence-corrected chi connectivity index (χ0v) is 19.7. The highest BCUT2D eigenvalue weighted by molar-refractivity contribution is 6.33. The Morgan fingerprint density at radius 2 is 2.06 bits per heavy atom. The predicted molar refractivity (Wildman–Crippen MR) is 128 cm³/mol. The number of halogens is 4. The summed E-state index contributed by atoms with van der Waals surface area (Å²) in [6.45, 7) is 2.24. The molecule has 186 valence electrons. The molecule has 0 bridgehead atoms. The number of nitrogens with two attached hydrogens (primary N) is 1. The van der Waals surface area contributed by atoms with Crippen molar-refractivity contribution < 1.29 is 17.9 Å². The van der Waals surface area contributed by atoms with Gasteiger partial charge in [-0.05, 0) is 30.7 Å². The van der Waals surface area contributed by atoms with Gasteiger partial charge in [0.15, 0.2) is 0 Å². The topological polar surface area (TPSA) is 97.8 Å². The summed E-state index contributed by atoms with van der Waals surface area (Å²) >= 11 is 6.68. The maximum Gasteiger partial charge on any atom is 0.418 e. The number of aryl methyl sites for hydroxylation is 1. The Morgan fingerprint density at radius 1 is 1.25 bits per heavy atom. The van der Waals surface area contributed by atoms with E-state index in [1.165, 1.54) is 31.4 Å². The molecule has 0 radical (unpaired) electrons. The second-order valence-corrected chi connectivity index (χ2v) is 8.59. The van der Waals surface area contributed by atoms with E-state index in [1.54, 1.807) is 29.1 Å². The number of rotatable bonds is 4. The third-order valence-corrected chi connectivity index (χ3v) is 6.28. The molecule has 0 saturated heterocycles. The van der Waals surface area contributed by atoms with E-state index in [9.17, 15) is 18.0 Å². The molecular weight excluding hydrogens is 497 g/mol. The molecular formula is C24H20ClF3N6O2. The third-order valence-electron chi connectivity index (χ3n) is 5.90. The largest absolute Gasteiger partial charge is 0.463 e. The first-order chi connectivity index (χ1) is 17.1. The number of hydrogen-bond donors (Lipinski definition) is 2. The fourth-order valence-electron chi connectivity index (χ4n) is 4.34. The minimum atomic E-state index is -4.68. The predicted octanol–water partition coefficient (Wildman–Crippen LogP) is 2.58. The molecule has 0 aliphatic carbocycles. The lowest BCUT2D eigenvalue weighted by atomic mass is 9.99. The third kappa shape index (κ3) is 4.15. The van der Waals surface area contributed by atoms with Gasteiger partial charge in [0.25, 0.3) is 5.56 Å². The Morgan fingerprint density at radius 3 is 2.81 bits per heavy atom. The van der Waals surface area contributed by atoms with Gasteiger partial charge in [-0.2, -0.15) is 13.2 Å². The second-order valence-electron chi connectivity index (χ2n) is 8.22. The minimum absolute atomic E-state index is 0.000443. The fraction of sp³-hybridized carbons (Fsp3) is 0.208. The molecule has 0 fully saturated rings. The van der Waals surface area contributed by atoms with Gasteiger partial charge in [-0.1, -0.05) is 17.7 Å². The van der Waals surface area contributed by atoms with Gasteiger partial charge >= 0.3 is 6.18 Å². The number of pyridine rings is 2. The molecule has 12 heteroatoms. The highest BCUT2D eigenvalue weighted by Gasteiger charge is 2.38. The summed E-state index contributed by atoms with van der Waals surface area (Å²) in [4.78, 5) is 22.3. The van der Waals surface area contributed by atoms with Crippen molar-refractivity contribution in [3.63, 3.8) is 0 Å². The summed E-state index contributed by atoms with van der Waals surface area (Å²) < 4.78 is 49.3. The van der Waals surface area contributed by atoms with Crippen LogP contribution in [0.5, 0.6) is 5.75 Å². The molecule has 0 saturated carbocycles. The van der Waals surface area contributed by atoms with Crippen molar-refractivity contribution in [2.45, 2.75) is 19.6 Å². The van der Waals surface area contributed by atoms with Crippen LogP contribution in [0.2, 0.25) is 5.02 Å². The van der Waals surface area contributed by atoms with Crippen molar-refractivity contribution in [2.24, 2.45) is 4.99 Å². The molecule has 1 aromatic carbocycles. The van der Waals surface area contributed by atoms with E-state index in [0.717, 1.165) is 0 Å². The fourth-order valence-corrected chi connectivity index (χ4v) is 4.64. The van der Waals surface area contributed by atoms with Crippen LogP contribution >= 0.6 is 11.6 Å². The SMILES string of the molecule is Cc1cc(N)nc(-c2cc3c4c(c2Cl)=NCNC=4N(CCn2ccccc2=O)C=CO3)c1C(F)(F)F. The Kier molecular flexibility index (Phi) is 5.87. The Balaban J connectivity index is 1.68. The van der Waals surface area contributed by atoms with Crippen LogP contribution in [0.4, 0.5) is 19.0 Å². The molecule has 36 heavy (non-hydrogen) atoms. The van der Waals surface area contributed by atoms with Crippen LogP contribution in [0.15, 0.2) is 58.8 Å². The highest BCUT2D eigenvalue weighted by atomic mass is 35.5. The van der Waals surface area contributed by atoms with Gasteiger partial charge in [-0.3, -0.25) is 9.79 Å². The molecule has 0 atom stereocenters. The van der Waals surface area contributed by atoms with Gasteiger partial charge in [0.2, 0.25) is 0 Å². The maximum absolute atomic E-state index is 14.0. The lowest BCUT2D eigenvalue weighted by Gasteiger charge is -2.25. The highest BCUT2D eigenvalue weighted by Crippen LogP contribution is 2.41. The lowest BCUT2D eigenvalue weighted by Crippen LogP contribution is -2.44. The summed E-state index contributed by atoms with van der Waals surface area (Å²) in [5.41, 5.74) is 4.29. The van der Waals surface area contributed by atoms with Crippen molar-refractivity contribution >= 4 is 23.2 Å². The zero-order valence-electron chi connectivity index (χ0n) is 18.9. The smallest absolute Gasteiger partial charge is 0.418 e. The van der Waals surface area contributed by atoms with Crippen LogP contribution in [0.3, 0.4) is 0 Å². The van der Waals surface area contributed by atoms with E-state index in [-0.39, 0.29) is 45.3 Å². The average molecular weight is 517 g/mol. The summed E-state index contributed by atoms with van der Waals surface area (Å²) in [5.74, 6) is 0.791. The van der Waals surface area contributed by atoms with Crippen LogP contribution in [0.1, 0.15) is 11.1 Å². The molecule has 0 spiro atoms. The quantitative estimate of drug-likeness (QED) is 0.553. The van der Waals surface area contributed by atoms with Gasteiger partial charge in [0, 0.05) is 37.1 Å². The number of nitrogen functional groups attached to an aromatic ring is 1. The number of aromatic nitrogens is 2. The van der Waals surface area contributed by atoms with E-state index in [4.69, 9.17) is 22.1 Å². The Hall–Kier alpha value is -3.99. The molecule has 2 aliphatic rings. The molecule has 2 aliphatic heterocycles. The number of alkyl halides is 3. The Labute approximate surface area is 207 Å². The summed E-state index contributed by atoms with van der Waals surface area (Å²) in [6, 6.07) is 7.49. The van der Waals surface area contributed by atoms with Crippen molar-refractivity contribution in [1.82, 2.24) is 19.8 Å². The van der Waals surface area contributed by atoms with Crippen LogP contribution in [-0.4, -0.2) is 27.7 Å². The van der Waals surface area contributed by atoms with Gasteiger partial charge in [-0.25, -0.2) is 4.98 Å². The standard InChI is InChI=1S/C24H20ClF3N6O2/c1-13-10-16(29)32-21(19(13)24(26,27)28)14-11-15-18-22(20(14)25)30-12-31-23(18)34(8-9-36-15)7-6-33-5-3-2-4-17(33)35/h2-5,8-11,31H,6-7,12H2,1H3,(H2,29,32). The molecule has 3 N–H and O–H groups in total. The number of nitrogens with zero attached hydrogens (tertiary/aromatic N) is 4. The van der Waals surface area contributed by atoms with Crippen molar-refractivity contribution in [2.75, 3.05) is 18.9 Å². The summed E-state index contributed by atoms with van der Waals surface area (Å²) in [6.07, 6.45) is 0.0896. The molecule has 0 amide bonds. The summed E-state index contributed by atoms with van der Waals surface area (Å²) in [7, 11) is 0. The first-order valence-corrected chi connectivity index (χ1v) is 11.3. The summed E-state index contributed by atoms with van der Waals surface area (Å²) in [5, 5.41) is 3.95. The molecule has 3 aromatic rings. The number of ether oxygens (including phenoxy) is 1. The molecule has 0 unspecified atom stereocenters. The minimum Gasteiger partial charge on any atom is -0.463 e. The number of anilines is 1. The number of nitrogens with one attached hydrogen (secondary N) is 1. The van der Waals surface area contributed by atoms with E-state index < -0.39 is 17.4 Å². The van der Waals surface area contributed by atoms with Crippen LogP contribution in [-0.2, 0) is 12.7 Å². The number of hydrogen-bond acceptors (Lipinski definition) is 7. The van der Waals surface area contributed by atoms with E-state index in [1.807, 2.05) is 4.90 Å². The molecule has 4 heterocycles.